The minimum absolute atomic E-state index is 0.388. The van der Waals surface area contributed by atoms with Gasteiger partial charge >= 0.3 is 0 Å². The first-order chi connectivity index (χ1) is 33.2. The SMILES string of the molecule is CC1C=Cc2c(c(-c3cccc4c3oc3ccc(-c5c6ccccc6c(-c6ccccc6)c6ccccc56)cc34)c3ccccc3c2-c2ccc3c4ccccc4n(-c4ccccc4)c3c2)C1. The number of hydrogen-bond donors (Lipinski definition) is 0. The highest BCUT2D eigenvalue weighted by molar-refractivity contribution is 6.23. The van der Waals surface area contributed by atoms with Gasteiger partial charge in [-0.05, 0) is 131 Å². The molecule has 2 nitrogen and oxygen atoms in total. The molecular weight excluding hydrogens is 811 g/mol. The Labute approximate surface area is 388 Å². The van der Waals surface area contributed by atoms with Gasteiger partial charge in [0.15, 0.2) is 0 Å². The molecule has 13 aromatic rings. The Kier molecular flexibility index (Phi) is 8.36. The number of benzene rings is 11. The Balaban J connectivity index is 0.991. The molecule has 1 unspecified atom stereocenters. The van der Waals surface area contributed by atoms with Gasteiger partial charge in [-0.2, -0.15) is 0 Å². The molecule has 2 heteroatoms. The van der Waals surface area contributed by atoms with Crippen molar-refractivity contribution < 1.29 is 4.42 Å². The lowest BCUT2D eigenvalue weighted by Gasteiger charge is -2.26. The Bertz CT molecular complexity index is 4130. The van der Waals surface area contributed by atoms with Gasteiger partial charge in [0.1, 0.15) is 11.2 Å². The van der Waals surface area contributed by atoms with Crippen molar-refractivity contribution in [1.29, 1.82) is 0 Å². The van der Waals surface area contributed by atoms with Gasteiger partial charge in [0.2, 0.25) is 0 Å². The number of furan rings is 1. The van der Waals surface area contributed by atoms with E-state index in [9.17, 15) is 0 Å². The van der Waals surface area contributed by atoms with Crippen molar-refractivity contribution in [2.24, 2.45) is 5.92 Å². The molecule has 11 aromatic carbocycles. The maximum absolute atomic E-state index is 7.07. The molecule has 0 bridgehead atoms. The highest BCUT2D eigenvalue weighted by Crippen LogP contribution is 2.50. The van der Waals surface area contributed by atoms with Gasteiger partial charge in [0.05, 0.1) is 11.0 Å². The predicted molar refractivity (Wildman–Crippen MR) is 284 cm³/mol. The van der Waals surface area contributed by atoms with Gasteiger partial charge in [-0.25, -0.2) is 0 Å². The fraction of sp³-hybridized carbons (Fsp3) is 0.0462. The van der Waals surface area contributed by atoms with Gasteiger partial charge in [0, 0.05) is 32.8 Å². The summed E-state index contributed by atoms with van der Waals surface area (Å²) in [6.45, 7) is 2.34. The minimum Gasteiger partial charge on any atom is -0.455 e. The summed E-state index contributed by atoms with van der Waals surface area (Å²) in [5.74, 6) is 0.388. The van der Waals surface area contributed by atoms with Crippen LogP contribution in [0.5, 0.6) is 0 Å². The Hall–Kier alpha value is -8.46. The largest absolute Gasteiger partial charge is 0.455 e. The van der Waals surface area contributed by atoms with Crippen LogP contribution in [0.1, 0.15) is 18.1 Å². The van der Waals surface area contributed by atoms with E-state index in [-0.39, 0.29) is 0 Å². The van der Waals surface area contributed by atoms with Gasteiger partial charge in [-0.3, -0.25) is 0 Å². The lowest BCUT2D eigenvalue weighted by atomic mass is 9.78. The van der Waals surface area contributed by atoms with Gasteiger partial charge in [0.25, 0.3) is 0 Å². The quantitative estimate of drug-likeness (QED) is 0.158. The molecule has 0 amide bonds. The second kappa shape index (κ2) is 14.8. The number of fused-ring (bicyclic) bond motifs is 10. The van der Waals surface area contributed by atoms with Crippen molar-refractivity contribution in [3.8, 4) is 50.2 Å². The Morgan fingerprint density at radius 3 is 1.64 bits per heavy atom. The van der Waals surface area contributed by atoms with Crippen LogP contribution in [-0.2, 0) is 6.42 Å². The summed E-state index contributed by atoms with van der Waals surface area (Å²) in [5.41, 5.74) is 17.9. The summed E-state index contributed by atoms with van der Waals surface area (Å²) in [6, 6.07) is 77.9. The molecule has 14 rings (SSSR count). The maximum Gasteiger partial charge on any atom is 0.143 e. The number of aromatic nitrogens is 1. The molecule has 0 aliphatic heterocycles. The van der Waals surface area contributed by atoms with Crippen LogP contribution in [0.2, 0.25) is 0 Å². The molecule has 0 saturated carbocycles. The van der Waals surface area contributed by atoms with Crippen LogP contribution >= 0.6 is 0 Å². The van der Waals surface area contributed by atoms with Crippen molar-refractivity contribution in [2.75, 3.05) is 0 Å². The zero-order valence-corrected chi connectivity index (χ0v) is 37.0. The van der Waals surface area contributed by atoms with E-state index in [0.717, 1.165) is 39.6 Å². The lowest BCUT2D eigenvalue weighted by Crippen LogP contribution is -2.08. The summed E-state index contributed by atoms with van der Waals surface area (Å²) in [4.78, 5) is 0. The molecular formula is C65H43NO. The molecule has 2 aromatic heterocycles. The van der Waals surface area contributed by atoms with E-state index >= 15 is 0 Å². The third-order valence-electron chi connectivity index (χ3n) is 14.5. The van der Waals surface area contributed by atoms with Crippen LogP contribution < -0.4 is 0 Å². The average molecular weight is 854 g/mol. The predicted octanol–water partition coefficient (Wildman–Crippen LogP) is 18.0. The summed E-state index contributed by atoms with van der Waals surface area (Å²) in [6.07, 6.45) is 5.73. The number of para-hydroxylation sites is 3. The van der Waals surface area contributed by atoms with E-state index in [1.807, 2.05) is 0 Å². The number of hydrogen-bond acceptors (Lipinski definition) is 1. The molecule has 314 valence electrons. The highest BCUT2D eigenvalue weighted by Gasteiger charge is 2.27. The lowest BCUT2D eigenvalue weighted by molar-refractivity contribution is 0.669. The third-order valence-corrected chi connectivity index (χ3v) is 14.5. The topological polar surface area (TPSA) is 18.1 Å². The van der Waals surface area contributed by atoms with Crippen molar-refractivity contribution >= 4 is 82.1 Å². The highest BCUT2D eigenvalue weighted by atomic mass is 16.3. The zero-order valence-electron chi connectivity index (χ0n) is 37.0. The van der Waals surface area contributed by atoms with E-state index < -0.39 is 0 Å². The minimum atomic E-state index is 0.388. The zero-order chi connectivity index (χ0) is 44.2. The Morgan fingerprint density at radius 2 is 0.940 bits per heavy atom. The molecule has 0 N–H and O–H groups in total. The number of allylic oxidation sites excluding steroid dienone is 1. The second-order valence-corrected chi connectivity index (χ2v) is 18.4. The molecule has 0 saturated heterocycles. The monoisotopic (exact) mass is 853 g/mol. The van der Waals surface area contributed by atoms with Crippen molar-refractivity contribution in [3.63, 3.8) is 0 Å². The summed E-state index contributed by atoms with van der Waals surface area (Å²) in [7, 11) is 0. The number of nitrogens with zero attached hydrogens (tertiary/aromatic N) is 1. The average Bonchev–Trinajstić information content (AvgIpc) is 3.93. The Morgan fingerprint density at radius 1 is 0.403 bits per heavy atom. The van der Waals surface area contributed by atoms with E-state index in [4.69, 9.17) is 4.42 Å². The smallest absolute Gasteiger partial charge is 0.143 e. The van der Waals surface area contributed by atoms with E-state index in [0.29, 0.717) is 5.92 Å². The van der Waals surface area contributed by atoms with Crippen LogP contribution in [0, 0.1) is 5.92 Å². The molecule has 0 spiro atoms. The first-order valence-electron chi connectivity index (χ1n) is 23.5. The second-order valence-electron chi connectivity index (χ2n) is 18.4. The summed E-state index contributed by atoms with van der Waals surface area (Å²) < 4.78 is 9.50. The van der Waals surface area contributed by atoms with Gasteiger partial charge in [-0.1, -0.05) is 195 Å². The first kappa shape index (κ1) is 37.9. The normalized spacial score (nSPS) is 13.8. The van der Waals surface area contributed by atoms with Crippen LogP contribution in [0.3, 0.4) is 0 Å². The van der Waals surface area contributed by atoms with E-state index in [1.54, 1.807) is 0 Å². The van der Waals surface area contributed by atoms with E-state index in [2.05, 4.69) is 236 Å². The van der Waals surface area contributed by atoms with Gasteiger partial charge < -0.3 is 8.98 Å². The van der Waals surface area contributed by atoms with Crippen LogP contribution in [0.25, 0.3) is 132 Å². The van der Waals surface area contributed by atoms with Crippen LogP contribution in [0.15, 0.2) is 223 Å². The standard InChI is InChI=1S/C65H43NO/c1-40-31-34-53-57(37-40)64(52-27-13-12-26-51(52)63(53)43-32-35-46-45-21-14-15-30-58(45)66(59(46)39-43)44-19-6-3-7-20-44)55-29-16-28-54-56-38-42(33-36-60(56)67-65(54)55)62-49-24-10-8-22-47(49)61(41-17-4-2-5-18-41)48-23-9-11-25-50(48)62/h2-36,38-40H,37H2,1H3. The molecule has 1 atom stereocenters. The molecule has 2 heterocycles. The van der Waals surface area contributed by atoms with Crippen molar-refractivity contribution in [2.45, 2.75) is 13.3 Å². The van der Waals surface area contributed by atoms with Crippen molar-refractivity contribution in [3.05, 3.63) is 230 Å². The molecule has 1 aliphatic rings. The molecule has 1 aliphatic carbocycles. The van der Waals surface area contributed by atoms with E-state index in [1.165, 1.54) is 104 Å². The fourth-order valence-electron chi connectivity index (χ4n) is 11.7. The maximum atomic E-state index is 7.07. The fourth-order valence-corrected chi connectivity index (χ4v) is 11.7. The van der Waals surface area contributed by atoms with Crippen molar-refractivity contribution in [1.82, 2.24) is 4.57 Å². The first-order valence-corrected chi connectivity index (χ1v) is 23.5. The summed E-state index contributed by atoms with van der Waals surface area (Å²) in [5, 5.41) is 12.3. The molecule has 0 fully saturated rings. The van der Waals surface area contributed by atoms with Crippen LogP contribution in [-0.4, -0.2) is 4.57 Å². The summed E-state index contributed by atoms with van der Waals surface area (Å²) >= 11 is 0. The molecule has 0 radical (unpaired) electrons. The number of rotatable bonds is 5. The van der Waals surface area contributed by atoms with Crippen LogP contribution in [0.4, 0.5) is 0 Å². The molecule has 67 heavy (non-hydrogen) atoms. The van der Waals surface area contributed by atoms with Gasteiger partial charge in [-0.15, -0.1) is 0 Å². The third kappa shape index (κ3) is 5.70.